The van der Waals surface area contributed by atoms with Crippen LogP contribution in [-0.4, -0.2) is 41.6 Å². The molecule has 1 atom stereocenters. The Morgan fingerprint density at radius 3 is 2.32 bits per heavy atom. The van der Waals surface area contributed by atoms with E-state index < -0.39 is 35.2 Å². The van der Waals surface area contributed by atoms with E-state index in [0.29, 0.717) is 23.1 Å². The Balaban J connectivity index is 2.11. The van der Waals surface area contributed by atoms with Crippen molar-refractivity contribution in [2.75, 3.05) is 18.6 Å². The number of amides is 1. The highest BCUT2D eigenvalue weighted by atomic mass is 16.5. The average Bonchev–Trinajstić information content (AvgIpc) is 3.05. The number of aliphatic hydroxyl groups excluding tert-OH is 2. The molecule has 1 heterocycles. The van der Waals surface area contributed by atoms with Crippen molar-refractivity contribution in [2.24, 2.45) is 0 Å². The molecule has 1 aliphatic rings. The fourth-order valence-corrected chi connectivity index (χ4v) is 3.29. The smallest absolute Gasteiger partial charge is 0.379 e. The molecule has 31 heavy (non-hydrogen) atoms. The van der Waals surface area contributed by atoms with Gasteiger partial charge in [-0.05, 0) is 36.8 Å². The lowest BCUT2D eigenvalue weighted by Gasteiger charge is -2.27. The summed E-state index contributed by atoms with van der Waals surface area (Å²) in [4.78, 5) is 37.9. The van der Waals surface area contributed by atoms with Crippen LogP contribution in [0.25, 0.3) is 0 Å². The molecule has 1 unspecified atom stereocenters. The van der Waals surface area contributed by atoms with Crippen LogP contribution in [-0.2, 0) is 19.1 Å². The molecule has 0 radical (unpaired) electrons. The SMILES string of the molecule is CCOC(=O)C(=O)C=C(O)C1=C(O)C(=O)N(c2ccccc2)C1c1ccc(OC)cc1. The van der Waals surface area contributed by atoms with Crippen molar-refractivity contribution < 1.29 is 34.1 Å². The van der Waals surface area contributed by atoms with Crippen LogP contribution in [0.1, 0.15) is 18.5 Å². The van der Waals surface area contributed by atoms with Gasteiger partial charge in [-0.3, -0.25) is 14.5 Å². The Labute approximate surface area is 178 Å². The van der Waals surface area contributed by atoms with E-state index in [1.54, 1.807) is 54.6 Å². The maximum Gasteiger partial charge on any atom is 0.379 e. The number of ether oxygens (including phenoxy) is 2. The second-order valence-electron chi connectivity index (χ2n) is 6.56. The van der Waals surface area contributed by atoms with Gasteiger partial charge in [0.2, 0.25) is 0 Å². The molecule has 0 fully saturated rings. The zero-order chi connectivity index (χ0) is 22.5. The number of hydrogen-bond donors (Lipinski definition) is 2. The minimum atomic E-state index is -1.15. The van der Waals surface area contributed by atoms with Crippen LogP contribution in [0.5, 0.6) is 5.75 Å². The van der Waals surface area contributed by atoms with E-state index in [1.807, 2.05) is 0 Å². The average molecular weight is 423 g/mol. The van der Waals surface area contributed by atoms with E-state index in [-0.39, 0.29) is 12.2 Å². The molecule has 0 aliphatic carbocycles. The van der Waals surface area contributed by atoms with Gasteiger partial charge < -0.3 is 19.7 Å². The van der Waals surface area contributed by atoms with Crippen molar-refractivity contribution in [3.63, 3.8) is 0 Å². The summed E-state index contributed by atoms with van der Waals surface area (Å²) in [6.45, 7) is 1.53. The van der Waals surface area contributed by atoms with Crippen LogP contribution in [0, 0.1) is 0 Å². The van der Waals surface area contributed by atoms with Gasteiger partial charge in [0.1, 0.15) is 11.5 Å². The Morgan fingerprint density at radius 2 is 1.74 bits per heavy atom. The maximum atomic E-state index is 12.9. The molecule has 2 aromatic carbocycles. The summed E-state index contributed by atoms with van der Waals surface area (Å²) < 4.78 is 9.79. The van der Waals surface area contributed by atoms with Gasteiger partial charge in [0.05, 0.1) is 25.3 Å². The lowest BCUT2D eigenvalue weighted by Crippen LogP contribution is -2.30. The number of benzene rings is 2. The number of methoxy groups -OCH3 is 1. The van der Waals surface area contributed by atoms with E-state index >= 15 is 0 Å². The van der Waals surface area contributed by atoms with Crippen molar-refractivity contribution in [3.8, 4) is 5.75 Å². The fraction of sp³-hybridized carbons (Fsp3) is 0.174. The van der Waals surface area contributed by atoms with Crippen molar-refractivity contribution in [1.82, 2.24) is 0 Å². The molecule has 0 saturated heterocycles. The number of para-hydroxylation sites is 1. The van der Waals surface area contributed by atoms with Crippen LogP contribution >= 0.6 is 0 Å². The molecular formula is C23H21NO7. The van der Waals surface area contributed by atoms with Gasteiger partial charge in [-0.15, -0.1) is 0 Å². The Hall–Kier alpha value is -4.07. The first kappa shape index (κ1) is 21.6. The molecule has 0 saturated carbocycles. The number of aliphatic hydroxyl groups is 2. The summed E-state index contributed by atoms with van der Waals surface area (Å²) in [5, 5.41) is 21.2. The molecule has 3 rings (SSSR count). The Morgan fingerprint density at radius 1 is 1.10 bits per heavy atom. The molecule has 2 N–H and O–H groups in total. The first-order valence-electron chi connectivity index (χ1n) is 9.46. The summed E-state index contributed by atoms with van der Waals surface area (Å²) in [5.41, 5.74) is 0.816. The zero-order valence-electron chi connectivity index (χ0n) is 16.9. The normalized spacial score (nSPS) is 16.5. The topological polar surface area (TPSA) is 113 Å². The number of carbonyl (C=O) groups is 3. The summed E-state index contributed by atoms with van der Waals surface area (Å²) in [5.74, 6) is -3.88. The number of carbonyl (C=O) groups excluding carboxylic acids is 3. The highest BCUT2D eigenvalue weighted by Crippen LogP contribution is 2.43. The molecular weight excluding hydrogens is 402 g/mol. The quantitative estimate of drug-likeness (QED) is 0.304. The minimum absolute atomic E-state index is 0.0120. The molecule has 8 nitrogen and oxygen atoms in total. The van der Waals surface area contributed by atoms with Crippen molar-refractivity contribution >= 4 is 23.3 Å². The van der Waals surface area contributed by atoms with E-state index in [2.05, 4.69) is 4.74 Å². The number of hydrogen-bond acceptors (Lipinski definition) is 7. The van der Waals surface area contributed by atoms with E-state index in [9.17, 15) is 24.6 Å². The largest absolute Gasteiger partial charge is 0.507 e. The van der Waals surface area contributed by atoms with Crippen LogP contribution in [0.2, 0.25) is 0 Å². The maximum absolute atomic E-state index is 12.9. The van der Waals surface area contributed by atoms with Crippen LogP contribution < -0.4 is 9.64 Å². The third-order valence-corrected chi connectivity index (χ3v) is 4.69. The van der Waals surface area contributed by atoms with Gasteiger partial charge in [0, 0.05) is 11.8 Å². The van der Waals surface area contributed by atoms with Crippen molar-refractivity contribution in [2.45, 2.75) is 13.0 Å². The van der Waals surface area contributed by atoms with Gasteiger partial charge in [-0.25, -0.2) is 4.79 Å². The van der Waals surface area contributed by atoms with Crippen molar-refractivity contribution in [1.29, 1.82) is 0 Å². The fourth-order valence-electron chi connectivity index (χ4n) is 3.29. The molecule has 160 valence electrons. The van der Waals surface area contributed by atoms with Crippen LogP contribution in [0.15, 0.2) is 77.8 Å². The summed E-state index contributed by atoms with van der Waals surface area (Å²) in [7, 11) is 1.51. The second kappa shape index (κ2) is 9.17. The van der Waals surface area contributed by atoms with E-state index in [0.717, 1.165) is 0 Å². The summed E-state index contributed by atoms with van der Waals surface area (Å²) in [6, 6.07) is 14.3. The van der Waals surface area contributed by atoms with Crippen LogP contribution in [0.4, 0.5) is 5.69 Å². The number of anilines is 1. The number of rotatable bonds is 7. The molecule has 1 amide bonds. The molecule has 8 heteroatoms. The van der Waals surface area contributed by atoms with Crippen molar-refractivity contribution in [3.05, 3.63) is 83.3 Å². The predicted molar refractivity (Wildman–Crippen MR) is 112 cm³/mol. The number of nitrogens with zero attached hydrogens (tertiary/aromatic N) is 1. The van der Waals surface area contributed by atoms with Gasteiger partial charge in [-0.2, -0.15) is 0 Å². The second-order valence-corrected chi connectivity index (χ2v) is 6.56. The lowest BCUT2D eigenvalue weighted by molar-refractivity contribution is -0.151. The van der Waals surface area contributed by atoms with Gasteiger partial charge >= 0.3 is 5.97 Å². The Bertz CT molecular complexity index is 1060. The van der Waals surface area contributed by atoms with Crippen LogP contribution in [0.3, 0.4) is 0 Å². The standard InChI is InChI=1S/C23H21NO7/c1-3-31-23(29)18(26)13-17(25)19-20(14-9-11-16(30-2)12-10-14)24(22(28)21(19)27)15-7-5-4-6-8-15/h4-13,20,25,27H,3H2,1-2H3. The molecule has 2 aromatic rings. The molecule has 0 bridgehead atoms. The molecule has 0 spiro atoms. The first-order chi connectivity index (χ1) is 14.9. The monoisotopic (exact) mass is 423 g/mol. The van der Waals surface area contributed by atoms with Gasteiger partial charge in [-0.1, -0.05) is 30.3 Å². The molecule has 1 aliphatic heterocycles. The van der Waals surface area contributed by atoms with Gasteiger partial charge in [0.25, 0.3) is 11.7 Å². The van der Waals surface area contributed by atoms with E-state index in [4.69, 9.17) is 4.74 Å². The summed E-state index contributed by atoms with van der Waals surface area (Å²) >= 11 is 0. The number of esters is 1. The predicted octanol–water partition coefficient (Wildman–Crippen LogP) is 3.17. The first-order valence-corrected chi connectivity index (χ1v) is 9.46. The molecule has 0 aromatic heterocycles. The minimum Gasteiger partial charge on any atom is -0.507 e. The highest BCUT2D eigenvalue weighted by molar-refractivity contribution is 6.38. The Kier molecular flexibility index (Phi) is 6.40. The zero-order valence-corrected chi connectivity index (χ0v) is 16.9. The van der Waals surface area contributed by atoms with E-state index in [1.165, 1.54) is 18.9 Å². The third-order valence-electron chi connectivity index (χ3n) is 4.69. The van der Waals surface area contributed by atoms with Gasteiger partial charge in [0.15, 0.2) is 5.76 Å². The summed E-state index contributed by atoms with van der Waals surface area (Å²) in [6.07, 6.45) is 0.641. The highest BCUT2D eigenvalue weighted by Gasteiger charge is 2.43. The number of ketones is 1. The third kappa shape index (κ3) is 4.28. The lowest BCUT2D eigenvalue weighted by atomic mass is 9.96.